The largest absolute Gasteiger partial charge is 0.368 e. The number of rotatable bonds is 8. The molecule has 0 heterocycles. The maximum absolute atomic E-state index is 11.7. The third-order valence-corrected chi connectivity index (χ3v) is 4.86. The van der Waals surface area contributed by atoms with E-state index in [1.807, 2.05) is 25.6 Å². The summed E-state index contributed by atoms with van der Waals surface area (Å²) in [5.41, 5.74) is 8.86. The van der Waals surface area contributed by atoms with E-state index < -0.39 is 5.54 Å². The van der Waals surface area contributed by atoms with E-state index in [4.69, 9.17) is 5.73 Å². The van der Waals surface area contributed by atoms with Crippen LogP contribution in [0.2, 0.25) is 0 Å². The van der Waals surface area contributed by atoms with E-state index in [1.165, 1.54) is 16.7 Å². The number of carbonyl (C=O) groups excluding carboxylic acids is 1. The van der Waals surface area contributed by atoms with E-state index in [1.54, 1.807) is 0 Å². The lowest BCUT2D eigenvalue weighted by Crippen LogP contribution is -2.54. The van der Waals surface area contributed by atoms with E-state index >= 15 is 0 Å². The normalized spacial score (nSPS) is 15.5. The van der Waals surface area contributed by atoms with Gasteiger partial charge in [0, 0.05) is 11.0 Å². The molecule has 4 heteroatoms. The fraction of sp³-hybridized carbons (Fsp3) is 0.588. The summed E-state index contributed by atoms with van der Waals surface area (Å²) in [5.74, 6) is 0.688. The molecule has 1 rings (SSSR count). The van der Waals surface area contributed by atoms with Crippen LogP contribution in [0.25, 0.3) is 0 Å². The van der Waals surface area contributed by atoms with Crippen LogP contribution in [0.1, 0.15) is 43.9 Å². The van der Waals surface area contributed by atoms with Gasteiger partial charge < -0.3 is 11.1 Å². The van der Waals surface area contributed by atoms with E-state index in [2.05, 4.69) is 44.3 Å². The van der Waals surface area contributed by atoms with Crippen LogP contribution in [0.3, 0.4) is 0 Å². The number of hydrogen-bond acceptors (Lipinski definition) is 3. The van der Waals surface area contributed by atoms with Crippen LogP contribution < -0.4 is 11.1 Å². The van der Waals surface area contributed by atoms with Crippen molar-refractivity contribution in [1.29, 1.82) is 0 Å². The molecule has 0 aromatic heterocycles. The molecule has 2 unspecified atom stereocenters. The van der Waals surface area contributed by atoms with Crippen LogP contribution in [0.15, 0.2) is 18.2 Å². The fourth-order valence-corrected chi connectivity index (χ4v) is 3.77. The summed E-state index contributed by atoms with van der Waals surface area (Å²) < 4.78 is 0. The zero-order valence-corrected chi connectivity index (χ0v) is 14.6. The van der Waals surface area contributed by atoms with Crippen molar-refractivity contribution >= 4 is 17.7 Å². The first kappa shape index (κ1) is 18.1. The van der Waals surface area contributed by atoms with Crippen LogP contribution >= 0.6 is 11.8 Å². The highest BCUT2D eigenvalue weighted by Gasteiger charge is 2.31. The Labute approximate surface area is 133 Å². The van der Waals surface area contributed by atoms with Crippen molar-refractivity contribution < 1.29 is 4.79 Å². The highest BCUT2D eigenvalue weighted by atomic mass is 32.2. The molecule has 3 nitrogen and oxygen atoms in total. The number of likely N-dealkylation sites (N-methyl/N-ethyl adjacent to an activating group) is 1. The van der Waals surface area contributed by atoms with Gasteiger partial charge >= 0.3 is 0 Å². The van der Waals surface area contributed by atoms with Crippen molar-refractivity contribution in [2.24, 2.45) is 5.73 Å². The van der Waals surface area contributed by atoms with Crippen LogP contribution in [-0.4, -0.2) is 23.2 Å². The van der Waals surface area contributed by atoms with Gasteiger partial charge in [0.1, 0.15) is 0 Å². The summed E-state index contributed by atoms with van der Waals surface area (Å²) in [6, 6.07) is 6.64. The molecule has 118 valence electrons. The number of benzene rings is 1. The third-order valence-electron chi connectivity index (χ3n) is 3.62. The molecule has 0 aliphatic heterocycles. The molecule has 0 aliphatic rings. The number of thioether (sulfide) groups is 1. The molecular weight excluding hydrogens is 280 g/mol. The second-order valence-electron chi connectivity index (χ2n) is 6.05. The van der Waals surface area contributed by atoms with Crippen molar-refractivity contribution in [1.82, 2.24) is 5.32 Å². The first-order valence-electron chi connectivity index (χ1n) is 7.50. The quantitative estimate of drug-likeness (QED) is 0.775. The Morgan fingerprint density at radius 3 is 2.38 bits per heavy atom. The molecule has 3 N–H and O–H groups in total. The van der Waals surface area contributed by atoms with Gasteiger partial charge in [-0.2, -0.15) is 11.8 Å². The highest BCUT2D eigenvalue weighted by molar-refractivity contribution is 7.99. The standard InChI is InChI=1S/C17H28N2OS/c1-6-19-17(5,16(18)20)10-14(4)21-11-15-8-12(2)7-13(3)9-15/h7-9,14,19H,6,10-11H2,1-5H3,(H2,18,20). The van der Waals surface area contributed by atoms with Gasteiger partial charge in [0.25, 0.3) is 0 Å². The lowest BCUT2D eigenvalue weighted by Gasteiger charge is -2.29. The van der Waals surface area contributed by atoms with Crippen molar-refractivity contribution in [3.63, 3.8) is 0 Å². The summed E-state index contributed by atoms with van der Waals surface area (Å²) in [7, 11) is 0. The molecule has 0 radical (unpaired) electrons. The van der Waals surface area contributed by atoms with Gasteiger partial charge in [0.15, 0.2) is 0 Å². The molecular formula is C17H28N2OS. The van der Waals surface area contributed by atoms with E-state index in [0.29, 0.717) is 5.25 Å². The third kappa shape index (κ3) is 5.71. The number of carbonyl (C=O) groups is 1. The van der Waals surface area contributed by atoms with Crippen molar-refractivity contribution in [3.8, 4) is 0 Å². The first-order chi connectivity index (χ1) is 9.76. The zero-order chi connectivity index (χ0) is 16.0. The summed E-state index contributed by atoms with van der Waals surface area (Å²) in [6.07, 6.45) is 0.742. The average Bonchev–Trinajstić information content (AvgIpc) is 2.35. The monoisotopic (exact) mass is 308 g/mol. The number of aryl methyl sites for hydroxylation is 2. The fourth-order valence-electron chi connectivity index (χ4n) is 2.67. The minimum Gasteiger partial charge on any atom is -0.368 e. The van der Waals surface area contributed by atoms with Gasteiger partial charge in [-0.15, -0.1) is 0 Å². The Morgan fingerprint density at radius 1 is 1.33 bits per heavy atom. The highest BCUT2D eigenvalue weighted by Crippen LogP contribution is 2.25. The summed E-state index contributed by atoms with van der Waals surface area (Å²) >= 11 is 1.87. The minimum absolute atomic E-state index is 0.275. The second kappa shape index (κ2) is 7.85. The van der Waals surface area contributed by atoms with Crippen molar-refractivity contribution in [3.05, 3.63) is 34.9 Å². The Balaban J connectivity index is 2.60. The minimum atomic E-state index is -0.621. The predicted octanol–water partition coefficient (Wildman–Crippen LogP) is 3.17. The van der Waals surface area contributed by atoms with Gasteiger partial charge in [0.2, 0.25) is 5.91 Å². The van der Waals surface area contributed by atoms with Gasteiger partial charge in [-0.05, 0) is 39.3 Å². The molecule has 0 fully saturated rings. The molecule has 1 amide bonds. The Bertz CT molecular complexity index is 469. The molecule has 0 aliphatic carbocycles. The summed E-state index contributed by atoms with van der Waals surface area (Å²) in [6.45, 7) is 11.0. The molecule has 2 atom stereocenters. The molecule has 0 bridgehead atoms. The van der Waals surface area contributed by atoms with Crippen LogP contribution in [-0.2, 0) is 10.5 Å². The summed E-state index contributed by atoms with van der Waals surface area (Å²) in [4.78, 5) is 11.7. The maximum atomic E-state index is 11.7. The number of nitrogens with one attached hydrogen (secondary N) is 1. The van der Waals surface area contributed by atoms with E-state index in [0.717, 1.165) is 18.7 Å². The molecule has 1 aromatic carbocycles. The number of amides is 1. The Hall–Kier alpha value is -1.00. The zero-order valence-electron chi connectivity index (χ0n) is 13.8. The Kier molecular flexibility index (Phi) is 6.75. The lowest BCUT2D eigenvalue weighted by atomic mass is 9.95. The van der Waals surface area contributed by atoms with Gasteiger partial charge in [-0.3, -0.25) is 4.79 Å². The maximum Gasteiger partial charge on any atom is 0.237 e. The van der Waals surface area contributed by atoms with E-state index in [-0.39, 0.29) is 5.91 Å². The predicted molar refractivity (Wildman–Crippen MR) is 92.6 cm³/mol. The van der Waals surface area contributed by atoms with Crippen molar-refractivity contribution in [2.75, 3.05) is 6.54 Å². The molecule has 0 saturated heterocycles. The molecule has 21 heavy (non-hydrogen) atoms. The first-order valence-corrected chi connectivity index (χ1v) is 8.55. The van der Waals surface area contributed by atoms with Crippen LogP contribution in [0.5, 0.6) is 0 Å². The number of nitrogens with two attached hydrogens (primary N) is 1. The number of primary amides is 1. The molecule has 1 aromatic rings. The average molecular weight is 308 g/mol. The van der Waals surface area contributed by atoms with E-state index in [9.17, 15) is 4.79 Å². The Morgan fingerprint density at radius 2 is 1.90 bits per heavy atom. The van der Waals surface area contributed by atoms with Crippen LogP contribution in [0.4, 0.5) is 0 Å². The van der Waals surface area contributed by atoms with Crippen LogP contribution in [0, 0.1) is 13.8 Å². The van der Waals surface area contributed by atoms with Gasteiger partial charge in [0.05, 0.1) is 5.54 Å². The molecule has 0 spiro atoms. The second-order valence-corrected chi connectivity index (χ2v) is 7.48. The SMILES string of the molecule is CCNC(C)(CC(C)SCc1cc(C)cc(C)c1)C(N)=O. The van der Waals surface area contributed by atoms with Gasteiger partial charge in [-0.1, -0.05) is 43.2 Å². The topological polar surface area (TPSA) is 55.1 Å². The van der Waals surface area contributed by atoms with Gasteiger partial charge in [-0.25, -0.2) is 0 Å². The summed E-state index contributed by atoms with van der Waals surface area (Å²) in [5, 5.41) is 3.58. The molecule has 0 saturated carbocycles. The smallest absolute Gasteiger partial charge is 0.237 e. The van der Waals surface area contributed by atoms with Crippen molar-refractivity contribution in [2.45, 2.75) is 57.6 Å². The lowest BCUT2D eigenvalue weighted by molar-refractivity contribution is -0.124. The number of hydrogen-bond donors (Lipinski definition) is 2.